The Morgan fingerprint density at radius 1 is 1.03 bits per heavy atom. The molecule has 7 heteroatoms. The molecule has 29 heavy (non-hydrogen) atoms. The van der Waals surface area contributed by atoms with Gasteiger partial charge in [-0.3, -0.25) is 9.59 Å². The number of ketones is 1. The summed E-state index contributed by atoms with van der Waals surface area (Å²) in [6.45, 7) is 1.43. The van der Waals surface area contributed by atoms with Gasteiger partial charge in [0.15, 0.2) is 0 Å². The lowest BCUT2D eigenvalue weighted by atomic mass is 9.95. The number of amides is 1. The highest BCUT2D eigenvalue weighted by Gasteiger charge is 2.45. The second kappa shape index (κ2) is 9.69. The minimum absolute atomic E-state index is 0.0341. The van der Waals surface area contributed by atoms with Crippen molar-refractivity contribution in [3.05, 3.63) is 76.3 Å². The Morgan fingerprint density at radius 2 is 1.72 bits per heavy atom. The highest BCUT2D eigenvalue weighted by molar-refractivity contribution is 6.46. The van der Waals surface area contributed by atoms with Crippen molar-refractivity contribution in [1.29, 1.82) is 0 Å². The number of nitrogens with zero attached hydrogens (tertiary/aromatic N) is 1. The normalized spacial score (nSPS) is 18.4. The molecule has 0 saturated carbocycles. The first kappa shape index (κ1) is 21.0. The van der Waals surface area contributed by atoms with Crippen molar-refractivity contribution in [1.82, 2.24) is 10.2 Å². The molecule has 152 valence electrons. The molecular formula is C22H23ClN2O4. The lowest BCUT2D eigenvalue weighted by molar-refractivity contribution is -0.139. The smallest absolute Gasteiger partial charge is 0.295 e. The van der Waals surface area contributed by atoms with Crippen LogP contribution >= 0.6 is 11.6 Å². The molecule has 0 bridgehead atoms. The molecule has 1 heterocycles. The fourth-order valence-corrected chi connectivity index (χ4v) is 3.56. The second-order valence-electron chi connectivity index (χ2n) is 6.74. The van der Waals surface area contributed by atoms with E-state index in [9.17, 15) is 14.7 Å². The Hall–Kier alpha value is -2.67. The van der Waals surface area contributed by atoms with E-state index in [1.54, 1.807) is 48.5 Å². The maximum atomic E-state index is 12.8. The Balaban J connectivity index is 1.98. The SMILES string of the molecule is O=C1C(=O)N(CCCNCCO)[C@@H](c2ccc(Cl)cc2)C1=C(O)c1ccccc1. The van der Waals surface area contributed by atoms with E-state index in [1.165, 1.54) is 4.90 Å². The van der Waals surface area contributed by atoms with Crippen LogP contribution in [0.15, 0.2) is 60.2 Å². The number of carbonyl (C=O) groups is 2. The van der Waals surface area contributed by atoms with E-state index in [-0.39, 0.29) is 17.9 Å². The van der Waals surface area contributed by atoms with Gasteiger partial charge in [0.2, 0.25) is 0 Å². The number of aliphatic hydroxyl groups excluding tert-OH is 2. The fraction of sp³-hybridized carbons (Fsp3) is 0.273. The first-order valence-electron chi connectivity index (χ1n) is 9.45. The zero-order valence-electron chi connectivity index (χ0n) is 15.8. The number of halogens is 1. The van der Waals surface area contributed by atoms with Crippen LogP contribution < -0.4 is 5.32 Å². The van der Waals surface area contributed by atoms with Gasteiger partial charge in [0.25, 0.3) is 11.7 Å². The Bertz CT molecular complexity index is 897. The lowest BCUT2D eigenvalue weighted by Crippen LogP contribution is -2.32. The highest BCUT2D eigenvalue weighted by Crippen LogP contribution is 2.39. The van der Waals surface area contributed by atoms with Crippen LogP contribution in [-0.4, -0.2) is 53.0 Å². The summed E-state index contributed by atoms with van der Waals surface area (Å²) in [4.78, 5) is 27.1. The maximum Gasteiger partial charge on any atom is 0.295 e. The van der Waals surface area contributed by atoms with Gasteiger partial charge in [-0.05, 0) is 30.7 Å². The average molecular weight is 415 g/mol. The van der Waals surface area contributed by atoms with E-state index in [2.05, 4.69) is 5.32 Å². The molecule has 1 atom stereocenters. The molecule has 0 aromatic heterocycles. The van der Waals surface area contributed by atoms with Gasteiger partial charge in [0.05, 0.1) is 18.2 Å². The summed E-state index contributed by atoms with van der Waals surface area (Å²) < 4.78 is 0. The second-order valence-corrected chi connectivity index (χ2v) is 7.17. The van der Waals surface area contributed by atoms with Crippen molar-refractivity contribution < 1.29 is 19.8 Å². The highest BCUT2D eigenvalue weighted by atomic mass is 35.5. The average Bonchev–Trinajstić information content (AvgIpc) is 2.99. The molecule has 1 fully saturated rings. The molecule has 1 aliphatic rings. The molecule has 0 aliphatic carbocycles. The van der Waals surface area contributed by atoms with Crippen LogP contribution in [-0.2, 0) is 9.59 Å². The van der Waals surface area contributed by atoms with Crippen LogP contribution in [0.25, 0.3) is 5.76 Å². The third kappa shape index (κ3) is 4.67. The van der Waals surface area contributed by atoms with E-state index in [0.717, 1.165) is 0 Å². The van der Waals surface area contributed by atoms with Gasteiger partial charge in [0.1, 0.15) is 5.76 Å². The van der Waals surface area contributed by atoms with Gasteiger partial charge in [-0.2, -0.15) is 0 Å². The van der Waals surface area contributed by atoms with Crippen molar-refractivity contribution in [2.75, 3.05) is 26.2 Å². The Kier molecular flexibility index (Phi) is 7.04. The predicted molar refractivity (Wildman–Crippen MR) is 111 cm³/mol. The number of nitrogens with one attached hydrogen (secondary N) is 1. The fourth-order valence-electron chi connectivity index (χ4n) is 3.43. The summed E-state index contributed by atoms with van der Waals surface area (Å²) >= 11 is 6.00. The van der Waals surface area contributed by atoms with E-state index in [1.807, 2.05) is 6.07 Å². The molecule has 2 aromatic rings. The largest absolute Gasteiger partial charge is 0.507 e. The topological polar surface area (TPSA) is 89.9 Å². The standard InChI is InChI=1S/C22H23ClN2O4/c23-17-9-7-15(8-10-17)19-18(20(27)16-5-2-1-3-6-16)21(28)22(29)25(19)13-4-11-24-12-14-26/h1-3,5-10,19,24,26-27H,4,11-14H2/t19-/m0/s1. The number of carbonyl (C=O) groups excluding carboxylic acids is 2. The minimum atomic E-state index is -0.699. The maximum absolute atomic E-state index is 12.8. The van der Waals surface area contributed by atoms with Crippen molar-refractivity contribution >= 4 is 29.1 Å². The summed E-state index contributed by atoms with van der Waals surface area (Å²) in [5.41, 5.74) is 1.26. The molecule has 0 unspecified atom stereocenters. The third-order valence-corrected chi connectivity index (χ3v) is 5.07. The lowest BCUT2D eigenvalue weighted by Gasteiger charge is -2.25. The number of rotatable bonds is 8. The molecule has 6 nitrogen and oxygen atoms in total. The molecule has 1 aliphatic heterocycles. The monoisotopic (exact) mass is 414 g/mol. The van der Waals surface area contributed by atoms with Crippen LogP contribution in [0.3, 0.4) is 0 Å². The Morgan fingerprint density at radius 3 is 2.38 bits per heavy atom. The van der Waals surface area contributed by atoms with Gasteiger partial charge in [-0.1, -0.05) is 54.1 Å². The predicted octanol–water partition coefficient (Wildman–Crippen LogP) is 2.73. The molecule has 3 rings (SSSR count). The number of benzene rings is 2. The number of hydrogen-bond donors (Lipinski definition) is 3. The summed E-state index contributed by atoms with van der Waals surface area (Å²) in [6.07, 6.45) is 0.600. The van der Waals surface area contributed by atoms with Gasteiger partial charge in [-0.25, -0.2) is 0 Å². The zero-order valence-corrected chi connectivity index (χ0v) is 16.6. The quantitative estimate of drug-likeness (QED) is 0.267. The van der Waals surface area contributed by atoms with Crippen molar-refractivity contribution in [2.24, 2.45) is 0 Å². The number of hydrogen-bond acceptors (Lipinski definition) is 5. The van der Waals surface area contributed by atoms with Crippen LogP contribution in [0.2, 0.25) is 5.02 Å². The molecule has 1 saturated heterocycles. The summed E-state index contributed by atoms with van der Waals surface area (Å²) in [5, 5.41) is 23.3. The molecule has 0 radical (unpaired) electrons. The molecule has 3 N–H and O–H groups in total. The van der Waals surface area contributed by atoms with E-state index >= 15 is 0 Å². The Labute approximate surface area is 174 Å². The first-order valence-corrected chi connectivity index (χ1v) is 9.83. The summed E-state index contributed by atoms with van der Waals surface area (Å²) in [6, 6.07) is 14.9. The van der Waals surface area contributed by atoms with Gasteiger partial charge in [0, 0.05) is 23.7 Å². The third-order valence-electron chi connectivity index (χ3n) is 4.81. The van der Waals surface area contributed by atoms with E-state index < -0.39 is 17.7 Å². The van der Waals surface area contributed by atoms with Crippen molar-refractivity contribution in [3.8, 4) is 0 Å². The number of aliphatic hydroxyl groups is 2. The van der Waals surface area contributed by atoms with Crippen molar-refractivity contribution in [3.63, 3.8) is 0 Å². The molecular weight excluding hydrogens is 392 g/mol. The zero-order chi connectivity index (χ0) is 20.8. The molecule has 2 aromatic carbocycles. The van der Waals surface area contributed by atoms with E-state index in [4.69, 9.17) is 16.7 Å². The minimum Gasteiger partial charge on any atom is -0.507 e. The van der Waals surface area contributed by atoms with Crippen molar-refractivity contribution in [2.45, 2.75) is 12.5 Å². The van der Waals surface area contributed by atoms with Gasteiger partial charge < -0.3 is 20.4 Å². The molecule has 1 amide bonds. The first-order chi connectivity index (χ1) is 14.0. The van der Waals surface area contributed by atoms with Crippen LogP contribution in [0.4, 0.5) is 0 Å². The van der Waals surface area contributed by atoms with Crippen LogP contribution in [0.5, 0.6) is 0 Å². The number of likely N-dealkylation sites (tertiary alicyclic amines) is 1. The molecule has 0 spiro atoms. The van der Waals surface area contributed by atoms with E-state index in [0.29, 0.717) is 42.2 Å². The van der Waals surface area contributed by atoms with Gasteiger partial charge in [-0.15, -0.1) is 0 Å². The summed E-state index contributed by atoms with van der Waals surface area (Å²) in [7, 11) is 0. The van der Waals surface area contributed by atoms with Gasteiger partial charge >= 0.3 is 0 Å². The number of Topliss-reactive ketones (excluding diaryl/α,β-unsaturated/α-hetero) is 1. The van der Waals surface area contributed by atoms with Crippen LogP contribution in [0.1, 0.15) is 23.6 Å². The van der Waals surface area contributed by atoms with Crippen LogP contribution in [0, 0.1) is 0 Å². The summed E-state index contributed by atoms with van der Waals surface area (Å²) in [5.74, 6) is -1.52.